The van der Waals surface area contributed by atoms with E-state index in [9.17, 15) is 4.79 Å². The van der Waals surface area contributed by atoms with Crippen molar-refractivity contribution in [2.75, 3.05) is 13.1 Å². The first kappa shape index (κ1) is 13.1. The number of aromatic nitrogens is 2. The van der Waals surface area contributed by atoms with Crippen molar-refractivity contribution in [3.8, 4) is 0 Å². The first-order valence-corrected chi connectivity index (χ1v) is 6.75. The van der Waals surface area contributed by atoms with Gasteiger partial charge in [-0.15, -0.1) is 0 Å². The van der Waals surface area contributed by atoms with Crippen molar-refractivity contribution in [1.82, 2.24) is 19.8 Å². The van der Waals surface area contributed by atoms with E-state index in [0.29, 0.717) is 12.6 Å². The van der Waals surface area contributed by atoms with Crippen LogP contribution in [0.25, 0.3) is 0 Å². The molecule has 0 unspecified atom stereocenters. The number of likely N-dealkylation sites (N-methyl/N-ethyl adjacent to an activating group) is 1. The Labute approximate surface area is 108 Å². The van der Waals surface area contributed by atoms with Gasteiger partial charge < -0.3 is 14.8 Å². The van der Waals surface area contributed by atoms with E-state index in [2.05, 4.69) is 17.2 Å². The van der Waals surface area contributed by atoms with Crippen LogP contribution in [-0.2, 0) is 17.9 Å². The summed E-state index contributed by atoms with van der Waals surface area (Å²) < 4.78 is 1.88. The van der Waals surface area contributed by atoms with Crippen LogP contribution < -0.4 is 5.32 Å². The zero-order valence-electron chi connectivity index (χ0n) is 11.2. The van der Waals surface area contributed by atoms with Gasteiger partial charge in [-0.1, -0.05) is 6.92 Å². The van der Waals surface area contributed by atoms with Gasteiger partial charge in [-0.3, -0.25) is 4.79 Å². The fourth-order valence-corrected chi connectivity index (χ4v) is 2.11. The molecule has 18 heavy (non-hydrogen) atoms. The van der Waals surface area contributed by atoms with Gasteiger partial charge in [0.05, 0.1) is 12.0 Å². The highest BCUT2D eigenvalue weighted by Crippen LogP contribution is 2.26. The van der Waals surface area contributed by atoms with Crippen molar-refractivity contribution in [2.45, 2.75) is 45.8 Å². The third-order valence-electron chi connectivity index (χ3n) is 3.21. The molecule has 1 amide bonds. The first-order chi connectivity index (χ1) is 8.74. The number of rotatable bonds is 7. The van der Waals surface area contributed by atoms with Crippen molar-refractivity contribution in [2.24, 2.45) is 0 Å². The number of nitrogens with one attached hydrogen (secondary N) is 1. The lowest BCUT2D eigenvalue weighted by atomic mass is 10.4. The molecule has 0 bridgehead atoms. The average Bonchev–Trinajstić information content (AvgIpc) is 3.08. The lowest BCUT2D eigenvalue weighted by Gasteiger charge is -2.20. The Morgan fingerprint density at radius 3 is 2.94 bits per heavy atom. The predicted octanol–water partition coefficient (Wildman–Crippen LogP) is 1.00. The minimum atomic E-state index is 0.201. The van der Waals surface area contributed by atoms with Gasteiger partial charge in [0, 0.05) is 25.3 Å². The molecule has 0 atom stereocenters. The van der Waals surface area contributed by atoms with Gasteiger partial charge in [0.1, 0.15) is 6.54 Å². The molecule has 1 aromatic heterocycles. The summed E-state index contributed by atoms with van der Waals surface area (Å²) in [5.41, 5.74) is 0.985. The highest BCUT2D eigenvalue weighted by molar-refractivity contribution is 5.76. The predicted molar refractivity (Wildman–Crippen MR) is 70.0 cm³/mol. The summed E-state index contributed by atoms with van der Waals surface area (Å²) in [6, 6.07) is 0.493. The van der Waals surface area contributed by atoms with E-state index in [0.717, 1.165) is 38.2 Å². The first-order valence-electron chi connectivity index (χ1n) is 6.75. The largest absolute Gasteiger partial charge is 0.338 e. The Kier molecular flexibility index (Phi) is 4.36. The average molecular weight is 250 g/mol. The van der Waals surface area contributed by atoms with Gasteiger partial charge in [0.15, 0.2) is 0 Å². The molecule has 0 aromatic carbocycles. The quantitative estimate of drug-likeness (QED) is 0.785. The zero-order chi connectivity index (χ0) is 13.0. The van der Waals surface area contributed by atoms with E-state index in [1.54, 1.807) is 6.33 Å². The van der Waals surface area contributed by atoms with E-state index in [1.807, 2.05) is 22.6 Å². The van der Waals surface area contributed by atoms with Crippen LogP contribution in [0.4, 0.5) is 0 Å². The molecule has 2 rings (SSSR count). The van der Waals surface area contributed by atoms with Crippen LogP contribution in [0.5, 0.6) is 0 Å². The maximum Gasteiger partial charge on any atom is 0.242 e. The molecule has 1 N–H and O–H groups in total. The Bertz CT molecular complexity index is 397. The second kappa shape index (κ2) is 6.00. The molecule has 1 aliphatic carbocycles. The number of imidazole rings is 1. The molecule has 1 aromatic rings. The van der Waals surface area contributed by atoms with E-state index < -0.39 is 0 Å². The lowest BCUT2D eigenvalue weighted by Crippen LogP contribution is -2.35. The second-order valence-electron chi connectivity index (χ2n) is 4.73. The van der Waals surface area contributed by atoms with Crippen LogP contribution in [0.2, 0.25) is 0 Å². The summed E-state index contributed by atoms with van der Waals surface area (Å²) in [5.74, 6) is 0.201. The molecular formula is C13H22N4O. The summed E-state index contributed by atoms with van der Waals surface area (Å²) in [7, 11) is 0. The number of amides is 1. The van der Waals surface area contributed by atoms with E-state index in [1.165, 1.54) is 0 Å². The molecule has 0 radical (unpaired) electrons. The minimum Gasteiger partial charge on any atom is -0.338 e. The molecule has 0 saturated heterocycles. The molecule has 1 fully saturated rings. The normalized spacial score (nSPS) is 14.8. The minimum absolute atomic E-state index is 0.201. The van der Waals surface area contributed by atoms with Crippen LogP contribution >= 0.6 is 0 Å². The lowest BCUT2D eigenvalue weighted by molar-refractivity contribution is -0.132. The highest BCUT2D eigenvalue weighted by atomic mass is 16.2. The van der Waals surface area contributed by atoms with Crippen LogP contribution in [0, 0.1) is 0 Å². The zero-order valence-corrected chi connectivity index (χ0v) is 11.2. The Balaban J connectivity index is 1.87. The van der Waals surface area contributed by atoms with Crippen molar-refractivity contribution in [3.63, 3.8) is 0 Å². The number of carbonyl (C=O) groups excluding carboxylic acids is 1. The molecule has 100 valence electrons. The van der Waals surface area contributed by atoms with Gasteiger partial charge in [0.2, 0.25) is 5.91 Å². The van der Waals surface area contributed by atoms with Crippen molar-refractivity contribution >= 4 is 5.91 Å². The van der Waals surface area contributed by atoms with Gasteiger partial charge in [-0.05, 0) is 26.3 Å². The summed E-state index contributed by atoms with van der Waals surface area (Å²) in [6.07, 6.45) is 6.01. The molecule has 0 aliphatic heterocycles. The van der Waals surface area contributed by atoms with Gasteiger partial charge >= 0.3 is 0 Å². The van der Waals surface area contributed by atoms with Gasteiger partial charge in [-0.25, -0.2) is 4.98 Å². The topological polar surface area (TPSA) is 50.2 Å². The number of hydrogen-bond donors (Lipinski definition) is 1. The maximum atomic E-state index is 12.1. The Morgan fingerprint density at radius 2 is 2.33 bits per heavy atom. The van der Waals surface area contributed by atoms with Crippen molar-refractivity contribution in [1.29, 1.82) is 0 Å². The molecule has 5 heteroatoms. The standard InChI is InChI=1S/C13H22N4O/c1-3-14-7-11-8-16(10-15-11)9-13(18)17(4-2)12-5-6-12/h8,10,12,14H,3-7,9H2,1-2H3. The Morgan fingerprint density at radius 1 is 1.56 bits per heavy atom. The highest BCUT2D eigenvalue weighted by Gasteiger charge is 2.31. The fourth-order valence-electron chi connectivity index (χ4n) is 2.11. The van der Waals surface area contributed by atoms with Crippen LogP contribution in [0.1, 0.15) is 32.4 Å². The maximum absolute atomic E-state index is 12.1. The molecule has 1 heterocycles. The summed E-state index contributed by atoms with van der Waals surface area (Å²) in [6.45, 7) is 7.01. The smallest absolute Gasteiger partial charge is 0.242 e. The van der Waals surface area contributed by atoms with Gasteiger partial charge in [0.25, 0.3) is 0 Å². The molecule has 1 saturated carbocycles. The monoisotopic (exact) mass is 250 g/mol. The van der Waals surface area contributed by atoms with E-state index >= 15 is 0 Å². The van der Waals surface area contributed by atoms with Crippen LogP contribution in [0.15, 0.2) is 12.5 Å². The van der Waals surface area contributed by atoms with Crippen molar-refractivity contribution < 1.29 is 4.79 Å². The number of nitrogens with zero attached hydrogens (tertiary/aromatic N) is 3. The third-order valence-corrected chi connectivity index (χ3v) is 3.21. The summed E-state index contributed by atoms with van der Waals surface area (Å²) in [5, 5.41) is 3.22. The summed E-state index contributed by atoms with van der Waals surface area (Å²) in [4.78, 5) is 18.4. The fraction of sp³-hybridized carbons (Fsp3) is 0.692. The number of hydrogen-bond acceptors (Lipinski definition) is 3. The van der Waals surface area contributed by atoms with Crippen LogP contribution in [0.3, 0.4) is 0 Å². The second-order valence-corrected chi connectivity index (χ2v) is 4.73. The number of carbonyl (C=O) groups is 1. The third kappa shape index (κ3) is 3.32. The van der Waals surface area contributed by atoms with Gasteiger partial charge in [-0.2, -0.15) is 0 Å². The van der Waals surface area contributed by atoms with E-state index in [4.69, 9.17) is 0 Å². The molecular weight excluding hydrogens is 228 g/mol. The van der Waals surface area contributed by atoms with Crippen molar-refractivity contribution in [3.05, 3.63) is 18.2 Å². The molecule has 0 spiro atoms. The van der Waals surface area contributed by atoms with Crippen LogP contribution in [-0.4, -0.2) is 39.5 Å². The SMILES string of the molecule is CCNCc1cn(CC(=O)N(CC)C2CC2)cn1. The molecule has 5 nitrogen and oxygen atoms in total. The Hall–Kier alpha value is -1.36. The molecule has 1 aliphatic rings. The summed E-state index contributed by atoms with van der Waals surface area (Å²) >= 11 is 0. The van der Waals surface area contributed by atoms with E-state index in [-0.39, 0.29) is 5.91 Å².